The van der Waals surface area contributed by atoms with E-state index in [0.29, 0.717) is 11.9 Å². The number of ether oxygens (including phenoxy) is 2. The van der Waals surface area contributed by atoms with Crippen molar-refractivity contribution < 1.29 is 9.47 Å². The molecule has 4 rings (SSSR count). The second kappa shape index (κ2) is 10.9. The lowest BCUT2D eigenvalue weighted by Gasteiger charge is -2.11. The normalized spacial score (nSPS) is 10.5. The molecule has 0 amide bonds. The highest BCUT2D eigenvalue weighted by atomic mass is 16.5. The first kappa shape index (κ1) is 22.1. The smallest absolute Gasteiger partial charge is 0.232 e. The number of hydrogen-bond acceptors (Lipinski definition) is 7. The van der Waals surface area contributed by atoms with Gasteiger partial charge in [0.05, 0.1) is 14.2 Å². The Bertz CT molecular complexity index is 1180. The first-order valence-corrected chi connectivity index (χ1v) is 10.8. The number of para-hydroxylation sites is 1. The van der Waals surface area contributed by atoms with Gasteiger partial charge in [0.15, 0.2) is 0 Å². The maximum Gasteiger partial charge on any atom is 0.232 e. The van der Waals surface area contributed by atoms with E-state index in [1.165, 1.54) is 5.56 Å². The number of aromatic nitrogens is 3. The minimum atomic E-state index is 0.480. The van der Waals surface area contributed by atoms with E-state index in [9.17, 15) is 0 Å². The number of methoxy groups -OCH3 is 2. The number of nitrogens with one attached hydrogen (secondary N) is 2. The number of rotatable bonds is 10. The van der Waals surface area contributed by atoms with Crippen LogP contribution in [0.15, 0.2) is 78.9 Å². The van der Waals surface area contributed by atoms with E-state index >= 15 is 0 Å². The highest BCUT2D eigenvalue weighted by Crippen LogP contribution is 2.21. The molecular weight excluding hydrogens is 414 g/mol. The first-order valence-electron chi connectivity index (χ1n) is 10.8. The van der Waals surface area contributed by atoms with E-state index in [2.05, 4.69) is 37.7 Å². The Hall–Kier alpha value is -4.13. The third kappa shape index (κ3) is 6.43. The summed E-state index contributed by atoms with van der Waals surface area (Å²) in [7, 11) is 3.33. The fourth-order valence-corrected chi connectivity index (χ4v) is 3.40. The third-order valence-electron chi connectivity index (χ3n) is 5.04. The Labute approximate surface area is 193 Å². The van der Waals surface area contributed by atoms with Crippen molar-refractivity contribution in [3.05, 3.63) is 90.3 Å². The summed E-state index contributed by atoms with van der Waals surface area (Å²) < 4.78 is 10.6. The molecule has 4 aromatic rings. The largest absolute Gasteiger partial charge is 0.497 e. The van der Waals surface area contributed by atoms with Crippen molar-refractivity contribution in [2.45, 2.75) is 19.3 Å². The third-order valence-corrected chi connectivity index (χ3v) is 5.04. The van der Waals surface area contributed by atoms with Crippen LogP contribution in [0.25, 0.3) is 0 Å². The van der Waals surface area contributed by atoms with E-state index in [1.54, 1.807) is 14.2 Å². The molecule has 0 saturated heterocycles. The molecule has 0 spiro atoms. The monoisotopic (exact) mass is 441 g/mol. The standard InChI is InChI=1S/C26H27N5O2/c1-32-22-14-6-9-19(17-22)10-7-16-24-29-25(27-20-11-4-3-5-12-20)31-26(30-24)28-21-13-8-15-23(18-21)33-2/h3-6,8-9,11-15,17-18H,7,10,16H2,1-2H3,(H2,27,28,29,30,31). The van der Waals surface area contributed by atoms with Crippen molar-refractivity contribution in [1.82, 2.24) is 15.0 Å². The summed E-state index contributed by atoms with van der Waals surface area (Å²) in [6.07, 6.45) is 2.53. The summed E-state index contributed by atoms with van der Waals surface area (Å²) in [4.78, 5) is 13.9. The Morgan fingerprint density at radius 1 is 0.636 bits per heavy atom. The molecule has 33 heavy (non-hydrogen) atoms. The Balaban J connectivity index is 1.52. The topological polar surface area (TPSA) is 81.2 Å². The maximum absolute atomic E-state index is 5.32. The summed E-state index contributed by atoms with van der Waals surface area (Å²) in [5.41, 5.74) is 2.98. The fourth-order valence-electron chi connectivity index (χ4n) is 3.40. The zero-order chi connectivity index (χ0) is 22.9. The van der Waals surface area contributed by atoms with Crippen molar-refractivity contribution in [3.63, 3.8) is 0 Å². The van der Waals surface area contributed by atoms with Crippen LogP contribution in [-0.2, 0) is 12.8 Å². The van der Waals surface area contributed by atoms with Crippen LogP contribution in [0.5, 0.6) is 11.5 Å². The van der Waals surface area contributed by atoms with Gasteiger partial charge in [-0.25, -0.2) is 0 Å². The number of benzene rings is 3. The molecule has 0 aliphatic carbocycles. The van der Waals surface area contributed by atoms with Crippen molar-refractivity contribution >= 4 is 23.3 Å². The molecule has 0 aliphatic rings. The molecular formula is C26H27N5O2. The molecule has 0 radical (unpaired) electrons. The van der Waals surface area contributed by atoms with Gasteiger partial charge in [0, 0.05) is 23.9 Å². The molecule has 7 nitrogen and oxygen atoms in total. The molecule has 0 bridgehead atoms. The fraction of sp³-hybridized carbons (Fsp3) is 0.192. The number of hydrogen-bond donors (Lipinski definition) is 2. The van der Waals surface area contributed by atoms with Crippen molar-refractivity contribution in [1.29, 1.82) is 0 Å². The molecule has 0 aliphatic heterocycles. The van der Waals surface area contributed by atoms with Crippen LogP contribution >= 0.6 is 0 Å². The lowest BCUT2D eigenvalue weighted by atomic mass is 10.1. The summed E-state index contributed by atoms with van der Waals surface area (Å²) in [6.45, 7) is 0. The number of anilines is 4. The summed E-state index contributed by atoms with van der Waals surface area (Å²) >= 11 is 0. The van der Waals surface area contributed by atoms with Crippen LogP contribution in [0.4, 0.5) is 23.3 Å². The van der Waals surface area contributed by atoms with Crippen molar-refractivity contribution in [2.75, 3.05) is 24.9 Å². The molecule has 0 fully saturated rings. The predicted molar refractivity (Wildman–Crippen MR) is 131 cm³/mol. The summed E-state index contributed by atoms with van der Waals surface area (Å²) in [6, 6.07) is 25.6. The Morgan fingerprint density at radius 3 is 2.00 bits per heavy atom. The minimum absolute atomic E-state index is 0.480. The van der Waals surface area contributed by atoms with Gasteiger partial charge in [0.2, 0.25) is 11.9 Å². The van der Waals surface area contributed by atoms with Crippen LogP contribution in [0.1, 0.15) is 17.8 Å². The lowest BCUT2D eigenvalue weighted by Crippen LogP contribution is -2.08. The number of nitrogens with zero attached hydrogens (tertiary/aromatic N) is 3. The van der Waals surface area contributed by atoms with Gasteiger partial charge in [-0.3, -0.25) is 0 Å². The molecule has 1 heterocycles. The van der Waals surface area contributed by atoms with Crippen LogP contribution in [0, 0.1) is 0 Å². The van der Waals surface area contributed by atoms with Gasteiger partial charge >= 0.3 is 0 Å². The average Bonchev–Trinajstić information content (AvgIpc) is 2.85. The van der Waals surface area contributed by atoms with E-state index in [4.69, 9.17) is 9.47 Å². The quantitative estimate of drug-likeness (QED) is 0.334. The molecule has 0 atom stereocenters. The summed E-state index contributed by atoms with van der Waals surface area (Å²) in [5, 5.41) is 6.54. The Kier molecular flexibility index (Phi) is 7.33. The van der Waals surface area contributed by atoms with Gasteiger partial charge in [-0.05, 0) is 54.8 Å². The molecule has 2 N–H and O–H groups in total. The van der Waals surface area contributed by atoms with Gasteiger partial charge in [-0.15, -0.1) is 0 Å². The first-order chi connectivity index (χ1) is 16.2. The molecule has 168 valence electrons. The minimum Gasteiger partial charge on any atom is -0.497 e. The molecule has 1 aromatic heterocycles. The van der Waals surface area contributed by atoms with Crippen LogP contribution in [-0.4, -0.2) is 29.2 Å². The number of aryl methyl sites for hydroxylation is 2. The van der Waals surface area contributed by atoms with E-state index in [-0.39, 0.29) is 0 Å². The van der Waals surface area contributed by atoms with E-state index in [0.717, 1.165) is 48.0 Å². The zero-order valence-corrected chi connectivity index (χ0v) is 18.8. The van der Waals surface area contributed by atoms with E-state index < -0.39 is 0 Å². The summed E-state index contributed by atoms with van der Waals surface area (Å²) in [5.74, 6) is 3.32. The van der Waals surface area contributed by atoms with Crippen molar-refractivity contribution in [3.8, 4) is 11.5 Å². The average molecular weight is 442 g/mol. The second-order valence-electron chi connectivity index (χ2n) is 7.45. The maximum atomic E-state index is 5.32. The predicted octanol–water partition coefficient (Wildman–Crippen LogP) is 5.55. The Morgan fingerprint density at radius 2 is 1.27 bits per heavy atom. The highest BCUT2D eigenvalue weighted by molar-refractivity contribution is 5.58. The zero-order valence-electron chi connectivity index (χ0n) is 18.8. The van der Waals surface area contributed by atoms with Crippen LogP contribution in [0.2, 0.25) is 0 Å². The molecule has 0 unspecified atom stereocenters. The van der Waals surface area contributed by atoms with Crippen molar-refractivity contribution in [2.24, 2.45) is 0 Å². The molecule has 7 heteroatoms. The van der Waals surface area contributed by atoms with E-state index in [1.807, 2.05) is 66.7 Å². The van der Waals surface area contributed by atoms with Gasteiger partial charge in [-0.2, -0.15) is 15.0 Å². The van der Waals surface area contributed by atoms with Gasteiger partial charge in [-0.1, -0.05) is 36.4 Å². The van der Waals surface area contributed by atoms with Gasteiger partial charge in [0.1, 0.15) is 17.3 Å². The second-order valence-corrected chi connectivity index (χ2v) is 7.45. The highest BCUT2D eigenvalue weighted by Gasteiger charge is 2.09. The van der Waals surface area contributed by atoms with Gasteiger partial charge in [0.25, 0.3) is 0 Å². The molecule has 0 saturated carbocycles. The van der Waals surface area contributed by atoms with Gasteiger partial charge < -0.3 is 20.1 Å². The SMILES string of the molecule is COc1cccc(CCCc2nc(Nc3ccccc3)nc(Nc3cccc(OC)c3)n2)c1. The lowest BCUT2D eigenvalue weighted by molar-refractivity contribution is 0.414. The van der Waals surface area contributed by atoms with Crippen LogP contribution < -0.4 is 20.1 Å². The molecule has 3 aromatic carbocycles. The van der Waals surface area contributed by atoms with Crippen LogP contribution in [0.3, 0.4) is 0 Å².